The summed E-state index contributed by atoms with van der Waals surface area (Å²) in [6, 6.07) is 2.30. The lowest BCUT2D eigenvalue weighted by molar-refractivity contribution is -0.154. The first-order chi connectivity index (χ1) is 8.47. The number of nitrogens with zero attached hydrogens (tertiary/aromatic N) is 1. The molecule has 0 saturated carbocycles. The van der Waals surface area contributed by atoms with Crippen molar-refractivity contribution in [3.05, 3.63) is 21.9 Å². The monoisotopic (exact) mass is 267 g/mol. The van der Waals surface area contributed by atoms with Crippen LogP contribution < -0.4 is 0 Å². The van der Waals surface area contributed by atoms with Gasteiger partial charge in [-0.15, -0.1) is 11.3 Å². The standard InChI is InChI=1S/C14H21NO2S/c1-10-6-9-18-12(10)11(2)15-8-5-4-7-14(15,3)13(16)17/h6,9,11H,4-5,7-8H2,1-3H3,(H,16,17). The van der Waals surface area contributed by atoms with E-state index in [-0.39, 0.29) is 6.04 Å². The summed E-state index contributed by atoms with van der Waals surface area (Å²) >= 11 is 1.73. The summed E-state index contributed by atoms with van der Waals surface area (Å²) in [4.78, 5) is 15.1. The molecule has 18 heavy (non-hydrogen) atoms. The largest absolute Gasteiger partial charge is 0.480 e. The van der Waals surface area contributed by atoms with Crippen LogP contribution in [0.1, 0.15) is 49.6 Å². The second kappa shape index (κ2) is 5.02. The minimum Gasteiger partial charge on any atom is -0.480 e. The van der Waals surface area contributed by atoms with Gasteiger partial charge < -0.3 is 5.11 Å². The Bertz CT molecular complexity index is 443. The Kier molecular flexibility index (Phi) is 3.78. The van der Waals surface area contributed by atoms with Crippen LogP contribution in [-0.4, -0.2) is 28.1 Å². The lowest BCUT2D eigenvalue weighted by Gasteiger charge is -2.45. The van der Waals surface area contributed by atoms with Gasteiger partial charge in [0.25, 0.3) is 0 Å². The maximum absolute atomic E-state index is 11.6. The zero-order valence-electron chi connectivity index (χ0n) is 11.3. The summed E-state index contributed by atoms with van der Waals surface area (Å²) in [5, 5.41) is 11.6. The number of rotatable bonds is 3. The molecule has 4 heteroatoms. The Hall–Kier alpha value is -0.870. The van der Waals surface area contributed by atoms with Crippen molar-refractivity contribution in [2.75, 3.05) is 6.54 Å². The molecule has 1 fully saturated rings. The third-order valence-electron chi connectivity index (χ3n) is 4.16. The van der Waals surface area contributed by atoms with Crippen LogP contribution in [-0.2, 0) is 4.79 Å². The van der Waals surface area contributed by atoms with E-state index in [2.05, 4.69) is 30.2 Å². The van der Waals surface area contributed by atoms with Gasteiger partial charge in [0.2, 0.25) is 0 Å². The summed E-state index contributed by atoms with van der Waals surface area (Å²) in [6.45, 7) is 6.98. The van der Waals surface area contributed by atoms with E-state index >= 15 is 0 Å². The van der Waals surface area contributed by atoms with Crippen molar-refractivity contribution in [1.82, 2.24) is 4.90 Å². The fraction of sp³-hybridized carbons (Fsp3) is 0.643. The Morgan fingerprint density at radius 3 is 2.83 bits per heavy atom. The van der Waals surface area contributed by atoms with E-state index in [0.717, 1.165) is 25.8 Å². The van der Waals surface area contributed by atoms with Gasteiger partial charge in [-0.3, -0.25) is 9.69 Å². The zero-order valence-corrected chi connectivity index (χ0v) is 12.1. The number of carboxylic acids is 1. The number of aryl methyl sites for hydroxylation is 1. The maximum atomic E-state index is 11.6. The second-order valence-electron chi connectivity index (χ2n) is 5.37. The average molecular weight is 267 g/mol. The molecule has 0 aliphatic carbocycles. The van der Waals surface area contributed by atoms with Gasteiger partial charge in [0.05, 0.1) is 0 Å². The van der Waals surface area contributed by atoms with Crippen molar-refractivity contribution in [3.8, 4) is 0 Å². The number of carbonyl (C=O) groups is 1. The molecule has 0 amide bonds. The SMILES string of the molecule is Cc1ccsc1C(C)N1CCCCC1(C)C(=O)O. The quantitative estimate of drug-likeness (QED) is 0.912. The highest BCUT2D eigenvalue weighted by Crippen LogP contribution is 2.38. The normalized spacial score (nSPS) is 27.1. The first kappa shape index (κ1) is 13.6. The van der Waals surface area contributed by atoms with Crippen LogP contribution in [0.2, 0.25) is 0 Å². The van der Waals surface area contributed by atoms with Gasteiger partial charge in [-0.1, -0.05) is 0 Å². The van der Waals surface area contributed by atoms with Gasteiger partial charge in [0, 0.05) is 10.9 Å². The Morgan fingerprint density at radius 2 is 2.28 bits per heavy atom. The minimum atomic E-state index is -0.714. The third kappa shape index (κ3) is 2.19. The fourth-order valence-corrected chi connectivity index (χ4v) is 3.94. The van der Waals surface area contributed by atoms with Crippen molar-refractivity contribution in [2.45, 2.75) is 51.6 Å². The van der Waals surface area contributed by atoms with Crippen LogP contribution in [0.15, 0.2) is 11.4 Å². The molecular formula is C14H21NO2S. The van der Waals surface area contributed by atoms with E-state index in [1.807, 2.05) is 6.92 Å². The van der Waals surface area contributed by atoms with Gasteiger partial charge in [-0.25, -0.2) is 0 Å². The third-order valence-corrected chi connectivity index (χ3v) is 5.35. The topological polar surface area (TPSA) is 40.5 Å². The summed E-state index contributed by atoms with van der Waals surface area (Å²) in [6.07, 6.45) is 2.85. The van der Waals surface area contributed by atoms with Crippen LogP contribution in [0.4, 0.5) is 0 Å². The van der Waals surface area contributed by atoms with Crippen LogP contribution in [0.25, 0.3) is 0 Å². The zero-order chi connectivity index (χ0) is 13.3. The molecule has 0 aromatic carbocycles. The Labute approximate surface area is 112 Å². The molecule has 1 saturated heterocycles. The van der Waals surface area contributed by atoms with E-state index in [0.29, 0.717) is 0 Å². The van der Waals surface area contributed by atoms with Crippen molar-refractivity contribution >= 4 is 17.3 Å². The minimum absolute atomic E-state index is 0.186. The van der Waals surface area contributed by atoms with Gasteiger partial charge >= 0.3 is 5.97 Å². The lowest BCUT2D eigenvalue weighted by atomic mass is 9.86. The first-order valence-electron chi connectivity index (χ1n) is 6.51. The maximum Gasteiger partial charge on any atom is 0.323 e. The molecule has 1 aromatic rings. The molecule has 1 N–H and O–H groups in total. The van der Waals surface area contributed by atoms with Gasteiger partial charge in [0.1, 0.15) is 5.54 Å². The van der Waals surface area contributed by atoms with E-state index in [1.54, 1.807) is 11.3 Å². The second-order valence-corrected chi connectivity index (χ2v) is 6.32. The molecule has 2 unspecified atom stereocenters. The predicted molar refractivity (Wildman–Crippen MR) is 74.1 cm³/mol. The lowest BCUT2D eigenvalue weighted by Crippen LogP contribution is -2.55. The molecule has 1 aliphatic heterocycles. The number of aliphatic carboxylic acids is 1. The van der Waals surface area contributed by atoms with Crippen molar-refractivity contribution in [2.24, 2.45) is 0 Å². The smallest absolute Gasteiger partial charge is 0.323 e. The predicted octanol–water partition coefficient (Wildman–Crippen LogP) is 3.45. The molecule has 1 aliphatic rings. The van der Waals surface area contributed by atoms with Crippen molar-refractivity contribution < 1.29 is 9.90 Å². The summed E-state index contributed by atoms with van der Waals surface area (Å²) in [5.74, 6) is -0.691. The van der Waals surface area contributed by atoms with Crippen LogP contribution in [0.3, 0.4) is 0 Å². The summed E-state index contributed by atoms with van der Waals surface area (Å²) < 4.78 is 0. The molecule has 2 atom stereocenters. The highest BCUT2D eigenvalue weighted by molar-refractivity contribution is 7.10. The molecule has 2 heterocycles. The van der Waals surface area contributed by atoms with Crippen molar-refractivity contribution in [1.29, 1.82) is 0 Å². The average Bonchev–Trinajstić information content (AvgIpc) is 2.75. The molecule has 100 valence electrons. The van der Waals surface area contributed by atoms with E-state index in [1.165, 1.54) is 10.4 Å². The Morgan fingerprint density at radius 1 is 1.56 bits per heavy atom. The van der Waals surface area contributed by atoms with Crippen molar-refractivity contribution in [3.63, 3.8) is 0 Å². The number of likely N-dealkylation sites (tertiary alicyclic amines) is 1. The highest BCUT2D eigenvalue weighted by Gasteiger charge is 2.44. The van der Waals surface area contributed by atoms with Gasteiger partial charge in [-0.2, -0.15) is 0 Å². The van der Waals surface area contributed by atoms with Gasteiger partial charge in [0.15, 0.2) is 0 Å². The van der Waals surface area contributed by atoms with E-state index in [9.17, 15) is 9.90 Å². The molecule has 0 bridgehead atoms. The highest BCUT2D eigenvalue weighted by atomic mass is 32.1. The number of thiophene rings is 1. The van der Waals surface area contributed by atoms with E-state index < -0.39 is 11.5 Å². The van der Waals surface area contributed by atoms with Crippen LogP contribution in [0.5, 0.6) is 0 Å². The molecule has 3 nitrogen and oxygen atoms in total. The fourth-order valence-electron chi connectivity index (χ4n) is 2.95. The molecule has 0 radical (unpaired) electrons. The van der Waals surface area contributed by atoms with Crippen LogP contribution in [0, 0.1) is 6.92 Å². The van der Waals surface area contributed by atoms with E-state index in [4.69, 9.17) is 0 Å². The first-order valence-corrected chi connectivity index (χ1v) is 7.39. The summed E-state index contributed by atoms with van der Waals surface area (Å²) in [7, 11) is 0. The Balaban J connectivity index is 2.30. The van der Waals surface area contributed by atoms with Gasteiger partial charge in [-0.05, 0) is 63.6 Å². The number of hydrogen-bond acceptors (Lipinski definition) is 3. The summed E-state index contributed by atoms with van der Waals surface area (Å²) in [5.41, 5.74) is 0.555. The number of piperidine rings is 1. The molecule has 0 spiro atoms. The van der Waals surface area contributed by atoms with Crippen LogP contribution >= 0.6 is 11.3 Å². The molecule has 2 rings (SSSR count). The molecular weight excluding hydrogens is 246 g/mol. The number of hydrogen-bond donors (Lipinski definition) is 1. The molecule has 1 aromatic heterocycles. The number of carboxylic acid groups (broad SMARTS) is 1.